The Morgan fingerprint density at radius 2 is 1.85 bits per heavy atom. The van der Waals surface area contributed by atoms with Crippen molar-refractivity contribution in [2.45, 2.75) is 16.7 Å². The Kier molecular flexibility index (Phi) is 6.68. The van der Waals surface area contributed by atoms with Gasteiger partial charge in [-0.1, -0.05) is 6.07 Å². The summed E-state index contributed by atoms with van der Waals surface area (Å²) < 4.78 is 47.7. The molecule has 0 aliphatic heterocycles. The Balaban J connectivity index is 1.95. The number of hydrogen-bond acceptors (Lipinski definition) is 5. The first-order valence-electron chi connectivity index (χ1n) is 7.58. The van der Waals surface area contributed by atoms with Gasteiger partial charge in [0.05, 0.1) is 10.9 Å². The first kappa shape index (κ1) is 20.3. The number of urea groups is 1. The van der Waals surface area contributed by atoms with Crippen molar-refractivity contribution in [2.75, 3.05) is 26.0 Å². The van der Waals surface area contributed by atoms with E-state index in [1.54, 1.807) is 11.3 Å². The first-order valence-corrected chi connectivity index (χ1v) is 10.0. The van der Waals surface area contributed by atoms with Crippen LogP contribution in [0.4, 0.5) is 19.3 Å². The molecule has 0 saturated heterocycles. The molecule has 2 amide bonds. The summed E-state index contributed by atoms with van der Waals surface area (Å²) >= 11 is 1.59. The quantitative estimate of drug-likeness (QED) is 0.744. The molecule has 142 valence electrons. The lowest BCUT2D eigenvalue weighted by Crippen LogP contribution is -2.36. The maximum Gasteiger partial charge on any atom is 0.341 e. The van der Waals surface area contributed by atoms with Crippen LogP contribution < -0.4 is 10.6 Å². The minimum atomic E-state index is -4.64. The van der Waals surface area contributed by atoms with Crippen LogP contribution in [-0.4, -0.2) is 45.7 Å². The number of halogens is 2. The smallest absolute Gasteiger partial charge is 0.336 e. The van der Waals surface area contributed by atoms with Crippen molar-refractivity contribution in [2.24, 2.45) is 0 Å². The highest BCUT2D eigenvalue weighted by molar-refractivity contribution is 7.91. The molecule has 1 heterocycles. The van der Waals surface area contributed by atoms with Gasteiger partial charge in [-0.25, -0.2) is 13.2 Å². The summed E-state index contributed by atoms with van der Waals surface area (Å²) in [6.45, 7) is 0.372. The molecule has 0 bridgehead atoms. The summed E-state index contributed by atoms with van der Waals surface area (Å²) in [6, 6.07) is 8.05. The van der Waals surface area contributed by atoms with Gasteiger partial charge in [0.15, 0.2) is 0 Å². The number of carbonyl (C=O) groups excluding carboxylic acids is 1. The number of thiophene rings is 1. The van der Waals surface area contributed by atoms with Crippen LogP contribution in [-0.2, 0) is 9.84 Å². The van der Waals surface area contributed by atoms with Gasteiger partial charge in [-0.2, -0.15) is 8.78 Å². The molecule has 1 atom stereocenters. The zero-order chi connectivity index (χ0) is 19.3. The molecular formula is C16H19F2N3O3S2. The van der Waals surface area contributed by atoms with E-state index in [2.05, 4.69) is 10.6 Å². The molecule has 0 radical (unpaired) electrons. The average Bonchev–Trinajstić information content (AvgIpc) is 3.09. The van der Waals surface area contributed by atoms with Crippen molar-refractivity contribution in [3.63, 3.8) is 0 Å². The number of carbonyl (C=O) groups is 1. The van der Waals surface area contributed by atoms with E-state index in [1.165, 1.54) is 12.1 Å². The lowest BCUT2D eigenvalue weighted by molar-refractivity contribution is 0.234. The van der Waals surface area contributed by atoms with Crippen LogP contribution in [0.1, 0.15) is 10.9 Å². The van der Waals surface area contributed by atoms with Crippen LogP contribution in [0.5, 0.6) is 0 Å². The van der Waals surface area contributed by atoms with Crippen LogP contribution in [0.15, 0.2) is 46.7 Å². The van der Waals surface area contributed by atoms with Gasteiger partial charge in [-0.05, 0) is 49.8 Å². The van der Waals surface area contributed by atoms with E-state index in [0.717, 1.165) is 17.0 Å². The van der Waals surface area contributed by atoms with E-state index >= 15 is 0 Å². The molecule has 0 saturated carbocycles. The molecule has 1 aromatic carbocycles. The van der Waals surface area contributed by atoms with Gasteiger partial charge in [0.25, 0.3) is 0 Å². The summed E-state index contributed by atoms with van der Waals surface area (Å²) in [5.74, 6) is -3.48. The summed E-state index contributed by atoms with van der Waals surface area (Å²) in [6.07, 6.45) is 0. The molecule has 2 N–H and O–H groups in total. The van der Waals surface area contributed by atoms with Crippen LogP contribution in [0.25, 0.3) is 0 Å². The van der Waals surface area contributed by atoms with Gasteiger partial charge in [0.2, 0.25) is 9.84 Å². The molecule has 0 aliphatic carbocycles. The zero-order valence-corrected chi connectivity index (χ0v) is 15.8. The predicted octanol–water partition coefficient (Wildman–Crippen LogP) is 3.17. The molecule has 26 heavy (non-hydrogen) atoms. The number of anilines is 1. The number of benzene rings is 1. The van der Waals surface area contributed by atoms with Crippen molar-refractivity contribution < 1.29 is 22.0 Å². The third-order valence-electron chi connectivity index (χ3n) is 3.63. The van der Waals surface area contributed by atoms with Crippen molar-refractivity contribution in [3.05, 3.63) is 46.7 Å². The Morgan fingerprint density at radius 1 is 1.19 bits per heavy atom. The van der Waals surface area contributed by atoms with Crippen LogP contribution in [0.2, 0.25) is 0 Å². The second-order valence-corrected chi connectivity index (χ2v) is 8.56. The number of sulfone groups is 1. The first-order chi connectivity index (χ1) is 12.2. The number of rotatable bonds is 7. The molecule has 2 aromatic rings. The molecule has 0 spiro atoms. The number of alkyl halides is 2. The lowest BCUT2D eigenvalue weighted by atomic mass is 10.2. The second kappa shape index (κ2) is 8.56. The molecular weight excluding hydrogens is 384 g/mol. The highest BCUT2D eigenvalue weighted by Gasteiger charge is 2.26. The Labute approximate surface area is 154 Å². The van der Waals surface area contributed by atoms with Gasteiger partial charge in [-0.15, -0.1) is 11.3 Å². The normalized spacial score (nSPS) is 13.0. The molecule has 10 heteroatoms. The van der Waals surface area contributed by atoms with E-state index in [9.17, 15) is 22.0 Å². The Hall–Kier alpha value is -2.04. The van der Waals surface area contributed by atoms with Crippen molar-refractivity contribution in [1.29, 1.82) is 0 Å². The molecule has 1 aromatic heterocycles. The fraction of sp³-hybridized carbons (Fsp3) is 0.312. The topological polar surface area (TPSA) is 78.5 Å². The van der Waals surface area contributed by atoms with Crippen molar-refractivity contribution in [3.8, 4) is 0 Å². The largest absolute Gasteiger partial charge is 0.341 e. The van der Waals surface area contributed by atoms with Gasteiger partial charge < -0.3 is 15.5 Å². The number of hydrogen-bond donors (Lipinski definition) is 2. The fourth-order valence-electron chi connectivity index (χ4n) is 2.21. The van der Waals surface area contributed by atoms with E-state index in [0.29, 0.717) is 12.2 Å². The van der Waals surface area contributed by atoms with Gasteiger partial charge in [0, 0.05) is 17.1 Å². The van der Waals surface area contributed by atoms with Crippen LogP contribution >= 0.6 is 11.3 Å². The van der Waals surface area contributed by atoms with Crippen LogP contribution in [0.3, 0.4) is 0 Å². The second-order valence-electron chi connectivity index (χ2n) is 5.66. The molecule has 6 nitrogen and oxygen atoms in total. The maximum absolute atomic E-state index is 12.5. The Morgan fingerprint density at radius 3 is 2.35 bits per heavy atom. The van der Waals surface area contributed by atoms with Crippen molar-refractivity contribution in [1.82, 2.24) is 10.2 Å². The van der Waals surface area contributed by atoms with E-state index in [1.807, 2.05) is 36.5 Å². The molecule has 0 unspecified atom stereocenters. The van der Waals surface area contributed by atoms with Gasteiger partial charge >= 0.3 is 11.8 Å². The summed E-state index contributed by atoms with van der Waals surface area (Å²) in [5.41, 5.74) is 0.299. The monoisotopic (exact) mass is 403 g/mol. The number of amides is 2. The minimum absolute atomic E-state index is 0.0133. The van der Waals surface area contributed by atoms with Gasteiger partial charge in [-0.3, -0.25) is 0 Å². The molecule has 0 fully saturated rings. The van der Waals surface area contributed by atoms with Crippen molar-refractivity contribution >= 4 is 32.9 Å². The van der Waals surface area contributed by atoms with Crippen LogP contribution in [0, 0.1) is 0 Å². The lowest BCUT2D eigenvalue weighted by Gasteiger charge is -2.23. The molecule has 2 rings (SSSR count). The standard InChI is InChI=1S/C16H19F2N3O3S2/c1-21(2)13(14-4-3-9-25-14)10-19-16(22)20-11-5-7-12(8-6-11)26(23,24)15(17)18/h3-9,13,15H,10H2,1-2H3,(H2,19,20,22)/t13-/m1/s1. The van der Waals surface area contributed by atoms with E-state index < -0.39 is 26.5 Å². The summed E-state index contributed by atoms with van der Waals surface area (Å²) in [7, 11) is -0.827. The fourth-order valence-corrected chi connectivity index (χ4v) is 3.86. The number of nitrogens with one attached hydrogen (secondary N) is 2. The third-order valence-corrected chi connectivity index (χ3v) is 6.00. The predicted molar refractivity (Wildman–Crippen MR) is 97.4 cm³/mol. The highest BCUT2D eigenvalue weighted by atomic mass is 32.2. The van der Waals surface area contributed by atoms with E-state index in [4.69, 9.17) is 0 Å². The highest BCUT2D eigenvalue weighted by Crippen LogP contribution is 2.23. The number of likely N-dealkylation sites (N-methyl/N-ethyl adjacent to an activating group) is 1. The van der Waals surface area contributed by atoms with E-state index in [-0.39, 0.29) is 6.04 Å². The summed E-state index contributed by atoms with van der Waals surface area (Å²) in [4.78, 5) is 14.6. The molecule has 0 aliphatic rings. The van der Waals surface area contributed by atoms with Gasteiger partial charge in [0.1, 0.15) is 0 Å². The SMILES string of the molecule is CN(C)[C@H](CNC(=O)Nc1ccc(S(=O)(=O)C(F)F)cc1)c1cccs1. The average molecular weight is 403 g/mol. The maximum atomic E-state index is 12.5. The third kappa shape index (κ3) is 4.99. The number of nitrogens with zero attached hydrogens (tertiary/aromatic N) is 1. The Bertz CT molecular complexity index is 823. The zero-order valence-electron chi connectivity index (χ0n) is 14.1. The minimum Gasteiger partial charge on any atom is -0.336 e. The summed E-state index contributed by atoms with van der Waals surface area (Å²) in [5, 5.41) is 7.24.